The number of allylic oxidation sites excluding steroid dienone is 6. The lowest BCUT2D eigenvalue weighted by Crippen LogP contribution is -2.43. The van der Waals surface area contributed by atoms with Crippen LogP contribution in [-0.4, -0.2) is 64.9 Å². The van der Waals surface area contributed by atoms with Gasteiger partial charge in [0.2, 0.25) is 5.91 Å². The van der Waals surface area contributed by atoms with Crippen LogP contribution in [0.15, 0.2) is 36.5 Å². The Morgan fingerprint density at radius 1 is 0.492 bits per heavy atom. The van der Waals surface area contributed by atoms with Crippen molar-refractivity contribution in [2.45, 2.75) is 264 Å². The number of esters is 1. The van der Waals surface area contributed by atoms with Crippen LogP contribution in [0.5, 0.6) is 0 Å². The van der Waals surface area contributed by atoms with Gasteiger partial charge in [-0.25, -0.2) is 9.36 Å². The molecule has 0 heterocycles. The average molecular weight is 940 g/mol. The van der Waals surface area contributed by atoms with Crippen LogP contribution in [0.25, 0.3) is 0 Å². The summed E-state index contributed by atoms with van der Waals surface area (Å²) in [5.41, 5.74) is 0. The molecule has 0 saturated heterocycles. The van der Waals surface area contributed by atoms with E-state index < -0.39 is 57.6 Å². The molecule has 3 atom stereocenters. The fraction of sp³-hybridized carbons (Fsp3) is 0.830. The van der Waals surface area contributed by atoms with Gasteiger partial charge in [0.15, 0.2) is 6.04 Å². The zero-order valence-electron chi connectivity index (χ0n) is 41.5. The van der Waals surface area contributed by atoms with E-state index in [0.717, 1.165) is 70.6 Å². The molecule has 11 nitrogen and oxygen atoms in total. The molecule has 0 rings (SSSR count). The first-order valence-electron chi connectivity index (χ1n) is 26.5. The standard InChI is InChI=1S/C53H98NO10P/c1-3-5-7-9-11-13-15-17-19-21-23-24-25-27-28-30-32-34-36-38-40-42-44-51(56)54-50(53(58)59)48-64-65(60,61)63-47-49(55)46-62-52(57)45-43-41-39-37-35-33-31-29-26-22-20-18-16-14-12-10-8-6-4-2/h12,14,18,20,26,29,49-50,55H,3-11,13,15-17,19,21-25,27-28,30-48H2,1-2H3,(H,54,56)(H,58,59)(H,60,61)/b14-12-,20-18-,29-26-. The van der Waals surface area contributed by atoms with E-state index in [4.69, 9.17) is 13.8 Å². The molecule has 0 fully saturated rings. The van der Waals surface area contributed by atoms with E-state index >= 15 is 0 Å². The Kier molecular flexibility index (Phi) is 46.5. The Morgan fingerprint density at radius 2 is 0.846 bits per heavy atom. The Balaban J connectivity index is 3.81. The van der Waals surface area contributed by atoms with Crippen molar-refractivity contribution in [2.75, 3.05) is 19.8 Å². The monoisotopic (exact) mass is 940 g/mol. The quantitative estimate of drug-likeness (QED) is 0.0199. The number of phosphoric ester groups is 1. The van der Waals surface area contributed by atoms with Crippen molar-refractivity contribution in [3.8, 4) is 0 Å². The number of hydrogen-bond donors (Lipinski definition) is 4. The van der Waals surface area contributed by atoms with E-state index in [1.165, 1.54) is 141 Å². The first-order valence-corrected chi connectivity index (χ1v) is 28.0. The number of carbonyl (C=O) groups excluding carboxylic acids is 2. The van der Waals surface area contributed by atoms with Crippen molar-refractivity contribution < 1.29 is 47.8 Å². The van der Waals surface area contributed by atoms with Crippen molar-refractivity contribution in [3.63, 3.8) is 0 Å². The summed E-state index contributed by atoms with van der Waals surface area (Å²) >= 11 is 0. The van der Waals surface area contributed by atoms with Crippen molar-refractivity contribution in [3.05, 3.63) is 36.5 Å². The zero-order valence-corrected chi connectivity index (χ0v) is 42.4. The number of carboxylic acids is 1. The minimum absolute atomic E-state index is 0.149. The van der Waals surface area contributed by atoms with E-state index in [2.05, 4.69) is 55.6 Å². The molecule has 1 amide bonds. The van der Waals surface area contributed by atoms with Crippen LogP contribution in [-0.2, 0) is 32.7 Å². The maximum atomic E-state index is 12.4. The largest absolute Gasteiger partial charge is 0.480 e. The molecule has 0 saturated carbocycles. The summed E-state index contributed by atoms with van der Waals surface area (Å²) in [4.78, 5) is 46.2. The van der Waals surface area contributed by atoms with E-state index in [1.54, 1.807) is 0 Å². The number of aliphatic hydroxyl groups excluding tert-OH is 1. The van der Waals surface area contributed by atoms with Crippen LogP contribution >= 0.6 is 7.82 Å². The highest BCUT2D eigenvalue weighted by molar-refractivity contribution is 7.47. The van der Waals surface area contributed by atoms with E-state index in [0.29, 0.717) is 12.8 Å². The normalized spacial score (nSPS) is 13.8. The fourth-order valence-corrected chi connectivity index (χ4v) is 8.33. The molecule has 4 N–H and O–H groups in total. The number of unbranched alkanes of at least 4 members (excludes halogenated alkanes) is 30. The summed E-state index contributed by atoms with van der Waals surface area (Å²) in [6.07, 6.45) is 54.5. The highest BCUT2D eigenvalue weighted by atomic mass is 31.2. The highest BCUT2D eigenvalue weighted by Gasteiger charge is 2.28. The summed E-state index contributed by atoms with van der Waals surface area (Å²) in [6, 6.07) is -1.55. The number of nitrogens with one attached hydrogen (secondary N) is 1. The fourth-order valence-electron chi connectivity index (χ4n) is 7.56. The van der Waals surface area contributed by atoms with E-state index in [-0.39, 0.29) is 12.8 Å². The maximum absolute atomic E-state index is 12.4. The van der Waals surface area contributed by atoms with Crippen LogP contribution in [0, 0.1) is 0 Å². The summed E-state index contributed by atoms with van der Waals surface area (Å²) in [7, 11) is -4.76. The molecule has 0 aromatic heterocycles. The number of hydrogen-bond acceptors (Lipinski definition) is 8. The molecule has 12 heteroatoms. The Morgan fingerprint density at radius 3 is 1.29 bits per heavy atom. The number of carbonyl (C=O) groups is 3. The first-order chi connectivity index (χ1) is 31.6. The number of carboxylic acid groups (broad SMARTS) is 1. The lowest BCUT2D eigenvalue weighted by atomic mass is 10.0. The lowest BCUT2D eigenvalue weighted by molar-refractivity contribution is -0.147. The summed E-state index contributed by atoms with van der Waals surface area (Å²) in [6.45, 7) is 2.60. The first kappa shape index (κ1) is 62.7. The van der Waals surface area contributed by atoms with Gasteiger partial charge in [0.1, 0.15) is 12.7 Å². The molecule has 65 heavy (non-hydrogen) atoms. The second kappa shape index (κ2) is 48.2. The van der Waals surface area contributed by atoms with Gasteiger partial charge < -0.3 is 25.2 Å². The van der Waals surface area contributed by atoms with E-state index in [1.807, 2.05) is 0 Å². The van der Waals surface area contributed by atoms with Crippen molar-refractivity contribution in [2.24, 2.45) is 0 Å². The van der Waals surface area contributed by atoms with E-state index in [9.17, 15) is 34.1 Å². The van der Waals surface area contributed by atoms with Crippen LogP contribution < -0.4 is 5.32 Å². The third-order valence-corrected chi connectivity index (χ3v) is 12.6. The van der Waals surface area contributed by atoms with Crippen molar-refractivity contribution >= 4 is 25.7 Å². The van der Waals surface area contributed by atoms with Gasteiger partial charge in [0.05, 0.1) is 13.2 Å². The maximum Gasteiger partial charge on any atom is 0.472 e. The van der Waals surface area contributed by atoms with Gasteiger partial charge >= 0.3 is 19.8 Å². The topological polar surface area (TPSA) is 169 Å². The van der Waals surface area contributed by atoms with Gasteiger partial charge in [-0.05, 0) is 51.4 Å². The number of aliphatic carboxylic acids is 1. The van der Waals surface area contributed by atoms with Gasteiger partial charge in [-0.3, -0.25) is 18.6 Å². The third-order valence-electron chi connectivity index (χ3n) is 11.7. The van der Waals surface area contributed by atoms with Crippen LogP contribution in [0.3, 0.4) is 0 Å². The number of ether oxygens (including phenoxy) is 1. The predicted octanol–water partition coefficient (Wildman–Crippen LogP) is 14.7. The van der Waals surface area contributed by atoms with Gasteiger partial charge in [-0.1, -0.05) is 224 Å². The molecule has 0 bridgehead atoms. The lowest BCUT2D eigenvalue weighted by Gasteiger charge is -2.18. The summed E-state index contributed by atoms with van der Waals surface area (Å²) in [5, 5.41) is 21.9. The molecule has 0 aliphatic rings. The SMILES string of the molecule is CCCCC/C=C\C/C=C\C/C=C\CCCCCCCCC(=O)OCC(O)COP(=O)(O)OCC(NC(=O)CCCCCCCCCCCCCCCCCCCCCCCC)C(=O)O. The molecular formula is C53H98NO10P. The Labute approximate surface area is 397 Å². The van der Waals surface area contributed by atoms with Crippen molar-refractivity contribution in [1.29, 1.82) is 0 Å². The smallest absolute Gasteiger partial charge is 0.472 e. The second-order valence-electron chi connectivity index (χ2n) is 18.1. The number of aliphatic hydroxyl groups is 1. The number of amides is 1. The molecule has 380 valence electrons. The molecule has 0 spiro atoms. The molecule has 0 aromatic rings. The van der Waals surface area contributed by atoms with Gasteiger partial charge in [-0.2, -0.15) is 0 Å². The minimum atomic E-state index is -4.76. The molecular weight excluding hydrogens is 842 g/mol. The number of phosphoric acid groups is 1. The van der Waals surface area contributed by atoms with Crippen molar-refractivity contribution in [1.82, 2.24) is 5.32 Å². The van der Waals surface area contributed by atoms with Gasteiger partial charge in [0.25, 0.3) is 0 Å². The average Bonchev–Trinajstić information content (AvgIpc) is 3.28. The van der Waals surface area contributed by atoms with Gasteiger partial charge in [-0.15, -0.1) is 0 Å². The second-order valence-corrected chi connectivity index (χ2v) is 19.5. The zero-order chi connectivity index (χ0) is 47.7. The third kappa shape index (κ3) is 48.0. The van der Waals surface area contributed by atoms with Crippen LogP contribution in [0.1, 0.15) is 251 Å². The van der Waals surface area contributed by atoms with Crippen LogP contribution in [0.4, 0.5) is 0 Å². The predicted molar refractivity (Wildman–Crippen MR) is 268 cm³/mol. The minimum Gasteiger partial charge on any atom is -0.480 e. The Hall–Kier alpha value is -2.30. The molecule has 0 aliphatic carbocycles. The Bertz CT molecular complexity index is 1240. The number of rotatable bonds is 50. The van der Waals surface area contributed by atoms with Gasteiger partial charge in [0, 0.05) is 12.8 Å². The highest BCUT2D eigenvalue weighted by Crippen LogP contribution is 2.43. The molecule has 0 aliphatic heterocycles. The van der Waals surface area contributed by atoms with Crippen LogP contribution in [0.2, 0.25) is 0 Å². The summed E-state index contributed by atoms with van der Waals surface area (Å²) in [5.74, 6) is -2.37. The summed E-state index contributed by atoms with van der Waals surface area (Å²) < 4.78 is 27.0. The molecule has 3 unspecified atom stereocenters. The molecule has 0 radical (unpaired) electrons. The molecule has 0 aromatic carbocycles.